The molecular formula is C40H50ClN5O8S. The normalized spacial score (nSPS) is 20.7. The van der Waals surface area contributed by atoms with Crippen molar-refractivity contribution in [3.8, 4) is 0 Å². The lowest BCUT2D eigenvalue weighted by Gasteiger charge is -2.49. The molecule has 1 aliphatic carbocycles. The summed E-state index contributed by atoms with van der Waals surface area (Å²) in [6, 6.07) is 18.9. The number of carbonyl (C=O) groups is 3. The van der Waals surface area contributed by atoms with Crippen LogP contribution in [0.25, 0.3) is 0 Å². The van der Waals surface area contributed by atoms with Gasteiger partial charge in [0.15, 0.2) is 5.84 Å². The predicted molar refractivity (Wildman–Crippen MR) is 209 cm³/mol. The molecule has 2 aliphatic rings. The van der Waals surface area contributed by atoms with Gasteiger partial charge in [-0.3, -0.25) is 19.3 Å². The molecule has 0 radical (unpaired) electrons. The third-order valence-electron chi connectivity index (χ3n) is 10.2. The molecule has 0 aromatic heterocycles. The number of fused-ring (bicyclic) bond motifs is 1. The minimum absolute atomic E-state index is 0.0541. The quantitative estimate of drug-likeness (QED) is 0.0467. The molecule has 1 heterocycles. The van der Waals surface area contributed by atoms with Crippen LogP contribution < -0.4 is 15.9 Å². The number of nitrogens with two attached hydrogens (primary N) is 1. The highest BCUT2D eigenvalue weighted by molar-refractivity contribution is 7.88. The Morgan fingerprint density at radius 2 is 1.78 bits per heavy atom. The van der Waals surface area contributed by atoms with Gasteiger partial charge < -0.3 is 15.4 Å². The number of hydrogen-bond acceptors (Lipinski definition) is 9. The molecule has 1 saturated carbocycles. The molecule has 3 aromatic carbocycles. The molecule has 1 unspecified atom stereocenters. The lowest BCUT2D eigenvalue weighted by Crippen LogP contribution is -2.59. The summed E-state index contributed by atoms with van der Waals surface area (Å²) in [6.45, 7) is 4.34. The molecule has 0 spiro atoms. The number of amides is 2. The zero-order chi connectivity index (χ0) is 39.5. The molecule has 1 aliphatic heterocycles. The first-order valence-electron chi connectivity index (χ1n) is 18.7. The maximum Gasteiger partial charge on any atom is 0.535 e. The Bertz CT molecular complexity index is 1940. The lowest BCUT2D eigenvalue weighted by atomic mass is 9.76. The first-order chi connectivity index (χ1) is 26.4. The molecule has 0 saturated heterocycles. The van der Waals surface area contributed by atoms with Crippen molar-refractivity contribution in [3.05, 3.63) is 106 Å². The monoisotopic (exact) mass is 795 g/mol. The van der Waals surface area contributed by atoms with Gasteiger partial charge in [0.25, 0.3) is 11.8 Å². The number of nitrogens with one attached hydrogen (secondary N) is 2. The van der Waals surface area contributed by atoms with E-state index in [9.17, 15) is 22.8 Å². The van der Waals surface area contributed by atoms with E-state index in [0.29, 0.717) is 45.7 Å². The number of oxime groups is 1. The van der Waals surface area contributed by atoms with Crippen molar-refractivity contribution in [3.63, 3.8) is 0 Å². The Morgan fingerprint density at radius 3 is 2.51 bits per heavy atom. The van der Waals surface area contributed by atoms with Gasteiger partial charge in [0.1, 0.15) is 0 Å². The van der Waals surface area contributed by atoms with E-state index in [1.807, 2.05) is 6.92 Å². The number of amidine groups is 1. The number of hydrogen-bond donors (Lipinski definition) is 3. The smallest absolute Gasteiger partial charge is 0.432 e. The number of hydroxylamine groups is 1. The predicted octanol–water partition coefficient (Wildman–Crippen LogP) is 6.72. The fourth-order valence-corrected chi connectivity index (χ4v) is 8.35. The molecule has 296 valence electrons. The molecule has 5 atom stereocenters. The molecule has 15 heteroatoms. The molecule has 3 aromatic rings. The van der Waals surface area contributed by atoms with E-state index in [1.165, 1.54) is 0 Å². The van der Waals surface area contributed by atoms with Gasteiger partial charge in [0.05, 0.1) is 31.4 Å². The highest BCUT2D eigenvalue weighted by atomic mass is 35.5. The number of carbonyl (C=O) groups excluding carboxylic acids is 3. The van der Waals surface area contributed by atoms with E-state index >= 15 is 0 Å². The Labute approximate surface area is 327 Å². The molecule has 2 amide bonds. The van der Waals surface area contributed by atoms with Crippen LogP contribution in [0, 0.1) is 5.92 Å². The minimum atomic E-state index is -3.60. The second-order valence-electron chi connectivity index (χ2n) is 14.1. The Morgan fingerprint density at radius 1 is 1.04 bits per heavy atom. The maximum absolute atomic E-state index is 14.4. The van der Waals surface area contributed by atoms with Crippen molar-refractivity contribution in [2.45, 2.75) is 95.9 Å². The fraction of sp³-hybridized carbons (Fsp3) is 0.450. The number of unbranched alkanes of at least 4 members (excludes halogenated alkanes) is 1. The molecule has 55 heavy (non-hydrogen) atoms. The number of halogens is 1. The van der Waals surface area contributed by atoms with Gasteiger partial charge in [-0.25, -0.2) is 23.4 Å². The largest absolute Gasteiger partial charge is 0.535 e. The minimum Gasteiger partial charge on any atom is -0.432 e. The average Bonchev–Trinajstić information content (AvgIpc) is 3.17. The third-order valence-corrected chi connectivity index (χ3v) is 11.1. The molecule has 0 bridgehead atoms. The van der Waals surface area contributed by atoms with Crippen LogP contribution in [0.5, 0.6) is 0 Å². The van der Waals surface area contributed by atoms with E-state index in [0.717, 1.165) is 44.8 Å². The van der Waals surface area contributed by atoms with Gasteiger partial charge in [-0.1, -0.05) is 111 Å². The lowest BCUT2D eigenvalue weighted by molar-refractivity contribution is -0.138. The van der Waals surface area contributed by atoms with Crippen LogP contribution in [0.1, 0.15) is 110 Å². The van der Waals surface area contributed by atoms with Gasteiger partial charge >= 0.3 is 6.16 Å². The van der Waals surface area contributed by atoms with Crippen molar-refractivity contribution < 1.29 is 37.2 Å². The summed E-state index contributed by atoms with van der Waals surface area (Å²) in [5.74, 6) is -1.53. The van der Waals surface area contributed by atoms with Crippen LogP contribution in [-0.2, 0) is 35.8 Å². The summed E-state index contributed by atoms with van der Waals surface area (Å²) in [6.07, 6.45) is 6.80. The van der Waals surface area contributed by atoms with Crippen LogP contribution in [-0.4, -0.2) is 62.1 Å². The van der Waals surface area contributed by atoms with E-state index in [2.05, 4.69) is 22.3 Å². The molecule has 4 N–H and O–H groups in total. The summed E-state index contributed by atoms with van der Waals surface area (Å²) in [5.41, 5.74) is 11.3. The average molecular weight is 796 g/mol. The molecule has 5 rings (SSSR count). The van der Waals surface area contributed by atoms with Crippen LogP contribution >= 0.6 is 11.6 Å². The SMILES string of the molecule is CCCCC(CC)COC(=O)O/N=C(\N)c1cccc(CONC(=O)[C@@H]2c3ccccc3C(=O)N([C@H]3CCCC[C@@H]3NS(C)(=O)=O)[C@H]2c2ccc(Cl)cc2)c1. The van der Waals surface area contributed by atoms with Crippen molar-refractivity contribution in [2.75, 3.05) is 12.9 Å². The third kappa shape index (κ3) is 11.1. The van der Waals surface area contributed by atoms with Crippen molar-refractivity contribution in [2.24, 2.45) is 16.8 Å². The second-order valence-corrected chi connectivity index (χ2v) is 16.3. The van der Waals surface area contributed by atoms with Gasteiger partial charge in [-0.2, -0.15) is 0 Å². The zero-order valence-electron chi connectivity index (χ0n) is 31.4. The van der Waals surface area contributed by atoms with E-state index in [-0.39, 0.29) is 30.9 Å². The Balaban J connectivity index is 1.34. The first-order valence-corrected chi connectivity index (χ1v) is 21.0. The number of rotatable bonds is 16. The Hall–Kier alpha value is -4.50. The first kappa shape index (κ1) is 41.7. The van der Waals surface area contributed by atoms with Crippen LogP contribution in [0.4, 0.5) is 4.79 Å². The number of nitrogens with zero attached hydrogens (tertiary/aromatic N) is 2. The summed E-state index contributed by atoms with van der Waals surface area (Å²) in [7, 11) is -3.60. The van der Waals surface area contributed by atoms with Gasteiger partial charge in [-0.05, 0) is 66.1 Å². The van der Waals surface area contributed by atoms with E-state index in [4.69, 9.17) is 31.7 Å². The fourth-order valence-electron chi connectivity index (χ4n) is 7.39. The van der Waals surface area contributed by atoms with Crippen molar-refractivity contribution in [1.82, 2.24) is 15.1 Å². The number of benzene rings is 3. The highest BCUT2D eigenvalue weighted by Crippen LogP contribution is 2.46. The second kappa shape index (κ2) is 19.4. The summed E-state index contributed by atoms with van der Waals surface area (Å²) in [4.78, 5) is 53.3. The summed E-state index contributed by atoms with van der Waals surface area (Å²) < 4.78 is 32.9. The van der Waals surface area contributed by atoms with Crippen LogP contribution in [0.15, 0.2) is 78.0 Å². The van der Waals surface area contributed by atoms with Gasteiger partial charge in [0, 0.05) is 28.2 Å². The summed E-state index contributed by atoms with van der Waals surface area (Å²) >= 11 is 6.27. The molecule has 1 fully saturated rings. The van der Waals surface area contributed by atoms with E-state index < -0.39 is 46.1 Å². The molecular weight excluding hydrogens is 746 g/mol. The highest BCUT2D eigenvalue weighted by Gasteiger charge is 2.49. The van der Waals surface area contributed by atoms with E-state index in [1.54, 1.807) is 77.7 Å². The standard InChI is InChI=1S/C40H50ClN5O8S/c1-4-6-12-26(5-2)24-52-40(49)54-43-37(42)29-14-11-13-27(23-29)25-53-44-38(47)35-31-15-7-8-16-32(31)39(48)46(36(35)28-19-21-30(41)22-20-28)34-18-10-9-17-33(34)45-55(3,50)51/h7-8,11,13-16,19-23,26,33-36,45H,4-6,9-10,12,17-18,24-25H2,1-3H3,(H2,42,43)(H,44,47)/t26?,33-,34-,35+,36-/m0/s1. The van der Waals surface area contributed by atoms with Crippen molar-refractivity contribution in [1.29, 1.82) is 0 Å². The van der Waals surface area contributed by atoms with Crippen LogP contribution in [0.3, 0.4) is 0 Å². The summed E-state index contributed by atoms with van der Waals surface area (Å²) in [5, 5.41) is 4.23. The Kier molecular flexibility index (Phi) is 14.7. The zero-order valence-corrected chi connectivity index (χ0v) is 33.0. The topological polar surface area (TPSA) is 179 Å². The number of ether oxygens (including phenoxy) is 1. The van der Waals surface area contributed by atoms with Crippen LogP contribution in [0.2, 0.25) is 5.02 Å². The number of sulfonamides is 1. The maximum atomic E-state index is 14.4. The van der Waals surface area contributed by atoms with Gasteiger partial charge in [-0.15, -0.1) is 0 Å². The van der Waals surface area contributed by atoms with Gasteiger partial charge in [0.2, 0.25) is 10.0 Å². The van der Waals surface area contributed by atoms with Crippen molar-refractivity contribution >= 4 is 45.4 Å². The molecule has 13 nitrogen and oxygen atoms in total.